The first-order chi connectivity index (χ1) is 5.11. The summed E-state index contributed by atoms with van der Waals surface area (Å²) in [6.45, 7) is 3.79. The van der Waals surface area contributed by atoms with Crippen molar-refractivity contribution in [2.75, 3.05) is 0 Å². The molecule has 1 aliphatic rings. The topological polar surface area (TPSA) is 34.1 Å². The van der Waals surface area contributed by atoms with Gasteiger partial charge in [0.25, 0.3) is 0 Å². The Labute approximate surface area is 67.8 Å². The highest BCUT2D eigenvalue weighted by molar-refractivity contribution is 7.73. The molecular formula is C8H10O2S. The van der Waals surface area contributed by atoms with Crippen LogP contribution in [0.3, 0.4) is 0 Å². The molecule has 0 N–H and O–H groups in total. The SMILES string of the molecule is CC1=CCC(=S(=O)=O)C(C)=C1. The molecule has 1 rings (SSSR count). The van der Waals surface area contributed by atoms with E-state index in [-0.39, 0.29) is 0 Å². The first kappa shape index (κ1) is 8.27. The summed E-state index contributed by atoms with van der Waals surface area (Å²) in [5, 5.41) is 0. The van der Waals surface area contributed by atoms with Crippen molar-refractivity contribution in [3.8, 4) is 0 Å². The lowest BCUT2D eigenvalue weighted by molar-refractivity contribution is 0.627. The Hall–Kier alpha value is -0.830. The third-order valence-electron chi connectivity index (χ3n) is 1.69. The molecule has 0 aromatic heterocycles. The third-order valence-corrected chi connectivity index (χ3v) is 2.59. The Morgan fingerprint density at radius 3 is 2.45 bits per heavy atom. The van der Waals surface area contributed by atoms with E-state index in [0.717, 1.165) is 11.1 Å². The van der Waals surface area contributed by atoms with Crippen LogP contribution in [-0.4, -0.2) is 13.3 Å². The monoisotopic (exact) mass is 170 g/mol. The lowest BCUT2D eigenvalue weighted by Crippen LogP contribution is -2.04. The fourth-order valence-electron chi connectivity index (χ4n) is 1.10. The van der Waals surface area contributed by atoms with Crippen LogP contribution < -0.4 is 0 Å². The van der Waals surface area contributed by atoms with Crippen molar-refractivity contribution in [2.45, 2.75) is 20.3 Å². The maximum atomic E-state index is 10.6. The Morgan fingerprint density at radius 2 is 2.00 bits per heavy atom. The zero-order valence-electron chi connectivity index (χ0n) is 6.59. The van der Waals surface area contributed by atoms with E-state index < -0.39 is 10.3 Å². The Kier molecular flexibility index (Phi) is 2.29. The molecule has 0 saturated carbocycles. The van der Waals surface area contributed by atoms with Crippen molar-refractivity contribution < 1.29 is 8.42 Å². The van der Waals surface area contributed by atoms with Gasteiger partial charge in [0, 0.05) is 6.42 Å². The van der Waals surface area contributed by atoms with Crippen LogP contribution in [0, 0.1) is 0 Å². The van der Waals surface area contributed by atoms with E-state index in [2.05, 4.69) is 0 Å². The molecule has 0 unspecified atom stereocenters. The summed E-state index contributed by atoms with van der Waals surface area (Å²) in [4.78, 5) is 0.510. The summed E-state index contributed by atoms with van der Waals surface area (Å²) in [7, 11) is -2.04. The van der Waals surface area contributed by atoms with Crippen molar-refractivity contribution in [2.24, 2.45) is 0 Å². The molecule has 11 heavy (non-hydrogen) atoms. The van der Waals surface area contributed by atoms with Crippen LogP contribution in [-0.2, 0) is 10.3 Å². The fourth-order valence-corrected chi connectivity index (χ4v) is 1.64. The molecule has 0 amide bonds. The number of hydrogen-bond donors (Lipinski definition) is 0. The van der Waals surface area contributed by atoms with Gasteiger partial charge in [-0.05, 0) is 19.4 Å². The van der Waals surface area contributed by atoms with Gasteiger partial charge >= 0.3 is 0 Å². The van der Waals surface area contributed by atoms with Gasteiger partial charge in [-0.25, -0.2) is 0 Å². The van der Waals surface area contributed by atoms with Gasteiger partial charge in [0.1, 0.15) is 0 Å². The minimum atomic E-state index is -2.04. The van der Waals surface area contributed by atoms with Gasteiger partial charge in [-0.2, -0.15) is 8.42 Å². The van der Waals surface area contributed by atoms with Gasteiger partial charge in [0.15, 0.2) is 0 Å². The van der Waals surface area contributed by atoms with E-state index in [1.165, 1.54) is 0 Å². The normalized spacial score (nSPS) is 17.5. The van der Waals surface area contributed by atoms with Gasteiger partial charge in [-0.15, -0.1) is 0 Å². The summed E-state index contributed by atoms with van der Waals surface area (Å²) in [6, 6.07) is 0. The minimum Gasteiger partial charge on any atom is -0.184 e. The molecule has 0 radical (unpaired) electrons. The molecule has 0 heterocycles. The predicted molar refractivity (Wildman–Crippen MR) is 46.1 cm³/mol. The summed E-state index contributed by atoms with van der Waals surface area (Å²) in [5.74, 6) is 0. The first-order valence-corrected chi connectivity index (χ1v) is 4.49. The van der Waals surface area contributed by atoms with Gasteiger partial charge in [0.05, 0.1) is 4.86 Å². The van der Waals surface area contributed by atoms with Crippen molar-refractivity contribution in [1.29, 1.82) is 0 Å². The average molecular weight is 170 g/mol. The van der Waals surface area contributed by atoms with Gasteiger partial charge in [0.2, 0.25) is 10.3 Å². The van der Waals surface area contributed by atoms with Crippen LogP contribution >= 0.6 is 0 Å². The van der Waals surface area contributed by atoms with E-state index in [1.807, 2.05) is 26.0 Å². The fraction of sp³-hybridized carbons (Fsp3) is 0.375. The number of allylic oxidation sites excluding steroid dienone is 4. The van der Waals surface area contributed by atoms with Crippen LogP contribution in [0.2, 0.25) is 0 Å². The van der Waals surface area contributed by atoms with Crippen molar-refractivity contribution >= 4 is 15.2 Å². The molecule has 0 aromatic rings. The van der Waals surface area contributed by atoms with Crippen molar-refractivity contribution in [1.82, 2.24) is 0 Å². The second-order valence-electron chi connectivity index (χ2n) is 2.64. The standard InChI is InChI=1S/C8H10O2S/c1-6-3-4-8(11(9)10)7(2)5-6/h3,5H,4H2,1-2H3. The molecule has 0 spiro atoms. The average Bonchev–Trinajstić information content (AvgIpc) is 1.85. The quantitative estimate of drug-likeness (QED) is 0.514. The van der Waals surface area contributed by atoms with E-state index in [1.54, 1.807) is 0 Å². The third kappa shape index (κ3) is 1.80. The largest absolute Gasteiger partial charge is 0.217 e. The Bertz CT molecular complexity index is 348. The number of rotatable bonds is 0. The van der Waals surface area contributed by atoms with Crippen molar-refractivity contribution in [3.63, 3.8) is 0 Å². The highest BCUT2D eigenvalue weighted by Gasteiger charge is 2.06. The lowest BCUT2D eigenvalue weighted by Gasteiger charge is -2.06. The molecule has 0 fully saturated rings. The van der Waals surface area contributed by atoms with E-state index >= 15 is 0 Å². The van der Waals surface area contributed by atoms with Gasteiger partial charge < -0.3 is 0 Å². The molecular weight excluding hydrogens is 160 g/mol. The minimum absolute atomic E-state index is 0.510. The summed E-state index contributed by atoms with van der Waals surface area (Å²) in [5.41, 5.74) is 2.00. The summed E-state index contributed by atoms with van der Waals surface area (Å²) in [6.07, 6.45) is 4.34. The molecule has 0 saturated heterocycles. The number of hydrogen-bond acceptors (Lipinski definition) is 2. The lowest BCUT2D eigenvalue weighted by atomic mass is 10.0. The summed E-state index contributed by atoms with van der Waals surface area (Å²) >= 11 is 0. The molecule has 0 aliphatic heterocycles. The van der Waals surface area contributed by atoms with Crippen molar-refractivity contribution in [3.05, 3.63) is 23.3 Å². The van der Waals surface area contributed by atoms with E-state index in [9.17, 15) is 8.42 Å². The first-order valence-electron chi connectivity index (χ1n) is 3.42. The zero-order chi connectivity index (χ0) is 8.43. The van der Waals surface area contributed by atoms with Gasteiger partial charge in [-0.3, -0.25) is 0 Å². The van der Waals surface area contributed by atoms with Gasteiger partial charge in [-0.1, -0.05) is 17.7 Å². The second kappa shape index (κ2) is 3.05. The molecule has 0 atom stereocenters. The van der Waals surface area contributed by atoms with Crippen LogP contribution in [0.5, 0.6) is 0 Å². The van der Waals surface area contributed by atoms with Crippen LogP contribution in [0.1, 0.15) is 20.3 Å². The molecule has 1 aliphatic carbocycles. The zero-order valence-corrected chi connectivity index (χ0v) is 7.40. The van der Waals surface area contributed by atoms with E-state index in [4.69, 9.17) is 0 Å². The predicted octanol–water partition coefficient (Wildman–Crippen LogP) is 1.33. The maximum absolute atomic E-state index is 10.6. The molecule has 2 nitrogen and oxygen atoms in total. The van der Waals surface area contributed by atoms with Crippen LogP contribution in [0.15, 0.2) is 23.3 Å². The molecule has 0 aromatic carbocycles. The maximum Gasteiger partial charge on any atom is 0.217 e. The smallest absolute Gasteiger partial charge is 0.184 e. The highest BCUT2D eigenvalue weighted by atomic mass is 32.2. The summed E-state index contributed by atoms with van der Waals surface area (Å²) < 4.78 is 21.1. The Balaban J connectivity index is 3.18. The molecule has 60 valence electrons. The van der Waals surface area contributed by atoms with Crippen LogP contribution in [0.4, 0.5) is 0 Å². The second-order valence-corrected chi connectivity index (χ2v) is 3.60. The molecule has 3 heteroatoms. The van der Waals surface area contributed by atoms with E-state index in [0.29, 0.717) is 11.3 Å². The Morgan fingerprint density at radius 1 is 1.36 bits per heavy atom. The van der Waals surface area contributed by atoms with Crippen LogP contribution in [0.25, 0.3) is 0 Å². The highest BCUT2D eigenvalue weighted by Crippen LogP contribution is 2.13. The molecule has 0 bridgehead atoms.